The molecule has 1 unspecified atom stereocenters. The van der Waals surface area contributed by atoms with E-state index in [1.165, 1.54) is 0 Å². The Labute approximate surface area is 173 Å². The monoisotopic (exact) mass is 412 g/mol. The largest absolute Gasteiger partial charge is 0.465 e. The molecule has 0 saturated carbocycles. The number of nitrogens with one attached hydrogen (secondary N) is 1. The highest BCUT2D eigenvalue weighted by Gasteiger charge is 2.33. The van der Waals surface area contributed by atoms with Crippen molar-refractivity contribution >= 4 is 33.4 Å². The molecule has 1 aliphatic heterocycles. The molecule has 8 heteroatoms. The normalized spacial score (nSPS) is 17.4. The average molecular weight is 413 g/mol. The van der Waals surface area contributed by atoms with Crippen molar-refractivity contribution in [3.05, 3.63) is 52.9 Å². The van der Waals surface area contributed by atoms with Crippen molar-refractivity contribution in [2.45, 2.75) is 32.5 Å². The van der Waals surface area contributed by atoms with Gasteiger partial charge in [0.15, 0.2) is 0 Å². The van der Waals surface area contributed by atoms with Crippen molar-refractivity contribution in [3.8, 4) is 0 Å². The Hall–Kier alpha value is -2.71. The van der Waals surface area contributed by atoms with Crippen LogP contribution in [0.2, 0.25) is 0 Å². The maximum absolute atomic E-state index is 12.9. The number of piperazine rings is 1. The number of hydrogen-bond donors (Lipinski definition) is 1. The first-order valence-electron chi connectivity index (χ1n) is 9.65. The van der Waals surface area contributed by atoms with Gasteiger partial charge >= 0.3 is 0 Å². The SMILES string of the molecule is Cc1ccc(CN2CCNC(=O)C2CC(=O)N(C)Cc2nc3ccccc3s2)o1. The van der Waals surface area contributed by atoms with Crippen LogP contribution in [0.15, 0.2) is 40.8 Å². The number of thiazole rings is 1. The van der Waals surface area contributed by atoms with Crippen molar-refractivity contribution in [2.75, 3.05) is 20.1 Å². The first kappa shape index (κ1) is 19.6. The number of amides is 2. The van der Waals surface area contributed by atoms with E-state index in [-0.39, 0.29) is 18.2 Å². The molecule has 2 aromatic heterocycles. The molecule has 1 atom stereocenters. The number of carbonyl (C=O) groups excluding carboxylic acids is 2. The van der Waals surface area contributed by atoms with E-state index >= 15 is 0 Å². The topological polar surface area (TPSA) is 78.7 Å². The Morgan fingerprint density at radius 1 is 1.34 bits per heavy atom. The van der Waals surface area contributed by atoms with E-state index in [1.807, 2.05) is 48.2 Å². The molecule has 0 bridgehead atoms. The highest BCUT2D eigenvalue weighted by Crippen LogP contribution is 2.23. The Balaban J connectivity index is 1.41. The van der Waals surface area contributed by atoms with Gasteiger partial charge in [0, 0.05) is 20.1 Å². The minimum atomic E-state index is -0.500. The van der Waals surface area contributed by atoms with Gasteiger partial charge in [-0.2, -0.15) is 0 Å². The van der Waals surface area contributed by atoms with Crippen LogP contribution in [0.3, 0.4) is 0 Å². The fraction of sp³-hybridized carbons (Fsp3) is 0.381. The minimum absolute atomic E-state index is 0.0769. The number of fused-ring (bicyclic) bond motifs is 1. The standard InChI is InChI=1S/C21H24N4O3S/c1-14-7-8-15(28-14)12-25-10-9-22-21(27)17(25)11-20(26)24(2)13-19-23-16-5-3-4-6-18(16)29-19/h3-8,17H,9-13H2,1-2H3,(H,22,27). The van der Waals surface area contributed by atoms with Crippen LogP contribution in [0.5, 0.6) is 0 Å². The predicted molar refractivity (Wildman–Crippen MR) is 111 cm³/mol. The van der Waals surface area contributed by atoms with Crippen molar-refractivity contribution in [1.29, 1.82) is 0 Å². The average Bonchev–Trinajstić information content (AvgIpc) is 3.29. The number of para-hydroxylation sites is 1. The molecule has 1 saturated heterocycles. The third-order valence-electron chi connectivity index (χ3n) is 5.10. The number of furan rings is 1. The molecule has 3 heterocycles. The lowest BCUT2D eigenvalue weighted by atomic mass is 10.1. The Kier molecular flexibility index (Phi) is 5.64. The molecule has 7 nitrogen and oxygen atoms in total. The van der Waals surface area contributed by atoms with Gasteiger partial charge in [0.1, 0.15) is 16.5 Å². The first-order chi connectivity index (χ1) is 14.0. The summed E-state index contributed by atoms with van der Waals surface area (Å²) in [5.41, 5.74) is 0.944. The highest BCUT2D eigenvalue weighted by atomic mass is 32.1. The van der Waals surface area contributed by atoms with Gasteiger partial charge in [-0.1, -0.05) is 12.1 Å². The zero-order valence-electron chi connectivity index (χ0n) is 16.6. The summed E-state index contributed by atoms with van der Waals surface area (Å²) in [4.78, 5) is 33.6. The Bertz CT molecular complexity index is 995. The van der Waals surface area contributed by atoms with Crippen LogP contribution in [-0.2, 0) is 22.7 Å². The van der Waals surface area contributed by atoms with Crippen LogP contribution >= 0.6 is 11.3 Å². The van der Waals surface area contributed by atoms with Gasteiger partial charge in [0.25, 0.3) is 0 Å². The van der Waals surface area contributed by atoms with Crippen LogP contribution < -0.4 is 5.32 Å². The number of hydrogen-bond acceptors (Lipinski definition) is 6. The number of aromatic nitrogens is 1. The fourth-order valence-electron chi connectivity index (χ4n) is 3.54. The second-order valence-corrected chi connectivity index (χ2v) is 8.43. The molecule has 1 N–H and O–H groups in total. The molecule has 152 valence electrons. The maximum atomic E-state index is 12.9. The predicted octanol–water partition coefficient (Wildman–Crippen LogP) is 2.55. The zero-order valence-corrected chi connectivity index (χ0v) is 17.4. The summed E-state index contributed by atoms with van der Waals surface area (Å²) in [7, 11) is 1.76. The van der Waals surface area contributed by atoms with Gasteiger partial charge in [-0.05, 0) is 31.2 Å². The van der Waals surface area contributed by atoms with E-state index in [4.69, 9.17) is 4.42 Å². The van der Waals surface area contributed by atoms with Crippen LogP contribution in [0, 0.1) is 6.92 Å². The molecule has 0 spiro atoms. The van der Waals surface area contributed by atoms with Gasteiger partial charge in [0.2, 0.25) is 11.8 Å². The zero-order chi connectivity index (χ0) is 20.4. The second kappa shape index (κ2) is 8.34. The van der Waals surface area contributed by atoms with Gasteiger partial charge in [-0.15, -0.1) is 11.3 Å². The summed E-state index contributed by atoms with van der Waals surface area (Å²) in [6, 6.07) is 11.3. The first-order valence-corrected chi connectivity index (χ1v) is 10.5. The third kappa shape index (κ3) is 4.49. The molecule has 29 heavy (non-hydrogen) atoms. The quantitative estimate of drug-likeness (QED) is 0.673. The molecule has 1 aromatic carbocycles. The van der Waals surface area contributed by atoms with E-state index < -0.39 is 6.04 Å². The molecule has 4 rings (SSSR count). The van der Waals surface area contributed by atoms with E-state index in [2.05, 4.69) is 10.3 Å². The maximum Gasteiger partial charge on any atom is 0.237 e. The summed E-state index contributed by atoms with van der Waals surface area (Å²) < 4.78 is 6.76. The van der Waals surface area contributed by atoms with E-state index in [0.29, 0.717) is 26.2 Å². The molecule has 1 fully saturated rings. The number of carbonyl (C=O) groups is 2. The number of nitrogens with zero attached hydrogens (tertiary/aromatic N) is 3. The van der Waals surface area contributed by atoms with Crippen molar-refractivity contribution < 1.29 is 14.0 Å². The van der Waals surface area contributed by atoms with Gasteiger partial charge in [-0.25, -0.2) is 4.98 Å². The van der Waals surface area contributed by atoms with Crippen LogP contribution in [0.25, 0.3) is 10.2 Å². The lowest BCUT2D eigenvalue weighted by Crippen LogP contribution is -2.56. The number of rotatable bonds is 6. The molecular formula is C21H24N4O3S. The molecule has 2 amide bonds. The van der Waals surface area contributed by atoms with Gasteiger partial charge in [0.05, 0.1) is 35.8 Å². The van der Waals surface area contributed by atoms with Crippen molar-refractivity contribution in [2.24, 2.45) is 0 Å². The molecule has 3 aromatic rings. The van der Waals surface area contributed by atoms with Gasteiger partial charge < -0.3 is 14.6 Å². The van der Waals surface area contributed by atoms with Crippen LogP contribution in [0.4, 0.5) is 0 Å². The lowest BCUT2D eigenvalue weighted by Gasteiger charge is -2.34. The van der Waals surface area contributed by atoms with E-state index in [0.717, 1.165) is 26.7 Å². The van der Waals surface area contributed by atoms with Gasteiger partial charge in [-0.3, -0.25) is 14.5 Å². The summed E-state index contributed by atoms with van der Waals surface area (Å²) in [5, 5.41) is 3.76. The van der Waals surface area contributed by atoms with E-state index in [9.17, 15) is 9.59 Å². The molecule has 0 radical (unpaired) electrons. The number of aryl methyl sites for hydroxylation is 1. The number of benzene rings is 1. The highest BCUT2D eigenvalue weighted by molar-refractivity contribution is 7.18. The van der Waals surface area contributed by atoms with E-state index in [1.54, 1.807) is 23.3 Å². The molecular weight excluding hydrogens is 388 g/mol. The Morgan fingerprint density at radius 2 is 2.17 bits per heavy atom. The second-order valence-electron chi connectivity index (χ2n) is 7.32. The van der Waals surface area contributed by atoms with Crippen LogP contribution in [0.1, 0.15) is 22.9 Å². The van der Waals surface area contributed by atoms with Crippen molar-refractivity contribution in [1.82, 2.24) is 20.1 Å². The minimum Gasteiger partial charge on any atom is -0.465 e. The van der Waals surface area contributed by atoms with Crippen molar-refractivity contribution in [3.63, 3.8) is 0 Å². The summed E-state index contributed by atoms with van der Waals surface area (Å²) in [6.07, 6.45) is 0.132. The molecule has 0 aliphatic carbocycles. The lowest BCUT2D eigenvalue weighted by molar-refractivity contribution is -0.138. The third-order valence-corrected chi connectivity index (χ3v) is 6.12. The molecule has 1 aliphatic rings. The summed E-state index contributed by atoms with van der Waals surface area (Å²) in [5.74, 6) is 1.45. The summed E-state index contributed by atoms with van der Waals surface area (Å²) in [6.45, 7) is 4.10. The Morgan fingerprint density at radius 3 is 2.93 bits per heavy atom. The fourth-order valence-corrected chi connectivity index (χ4v) is 4.56. The smallest absolute Gasteiger partial charge is 0.237 e. The summed E-state index contributed by atoms with van der Waals surface area (Å²) >= 11 is 1.59. The van der Waals surface area contributed by atoms with Crippen LogP contribution in [-0.4, -0.2) is 52.8 Å².